The molecule has 110 valence electrons. The Labute approximate surface area is 117 Å². The molecule has 3 heterocycles. The van der Waals surface area contributed by atoms with E-state index in [1.54, 1.807) is 7.05 Å². The van der Waals surface area contributed by atoms with Gasteiger partial charge >= 0.3 is 5.97 Å². The lowest BCUT2D eigenvalue weighted by atomic mass is 9.87. The lowest BCUT2D eigenvalue weighted by Crippen LogP contribution is -2.51. The summed E-state index contributed by atoms with van der Waals surface area (Å²) in [6.45, 7) is 0. The van der Waals surface area contributed by atoms with Crippen molar-refractivity contribution < 1.29 is 19.5 Å². The van der Waals surface area contributed by atoms with E-state index in [4.69, 9.17) is 5.11 Å². The van der Waals surface area contributed by atoms with Crippen LogP contribution < -0.4 is 0 Å². The number of hydrogen-bond donors (Lipinski definition) is 1. The number of likely N-dealkylation sites (N-methyl/N-ethyl adjacent to an activating group) is 1. The summed E-state index contributed by atoms with van der Waals surface area (Å²) in [6, 6.07) is 0.230. The number of fused-ring (bicyclic) bond motifs is 2. The van der Waals surface area contributed by atoms with Gasteiger partial charge < -0.3 is 5.11 Å². The molecule has 6 nitrogen and oxygen atoms in total. The number of carboxylic acid groups (broad SMARTS) is 1. The van der Waals surface area contributed by atoms with E-state index in [9.17, 15) is 14.4 Å². The molecule has 3 aliphatic heterocycles. The first-order valence-electron chi connectivity index (χ1n) is 7.27. The molecule has 0 spiro atoms. The number of carbonyl (C=O) groups excluding carboxylic acids is 2. The standard InChI is InChI=1S/C14H20N2O4/c1-15-12(17)7-11(14(15)20)16-9-2-3-10(16)5-8(4-9)6-13(18)19/h8-11H,2-7H2,1H3,(H,18,19). The molecule has 0 radical (unpaired) electrons. The first-order chi connectivity index (χ1) is 9.47. The maximum atomic E-state index is 12.2. The normalized spacial score (nSPS) is 37.8. The molecule has 2 amide bonds. The lowest BCUT2D eigenvalue weighted by molar-refractivity contribution is -0.141. The zero-order valence-electron chi connectivity index (χ0n) is 11.6. The van der Waals surface area contributed by atoms with Gasteiger partial charge in [0, 0.05) is 25.6 Å². The number of carboxylic acids is 1. The van der Waals surface area contributed by atoms with E-state index in [2.05, 4.69) is 4.90 Å². The van der Waals surface area contributed by atoms with Crippen LogP contribution in [-0.4, -0.2) is 57.9 Å². The zero-order chi connectivity index (χ0) is 14.4. The largest absolute Gasteiger partial charge is 0.481 e. The van der Waals surface area contributed by atoms with Gasteiger partial charge in [-0.2, -0.15) is 0 Å². The molecule has 0 aromatic carbocycles. The number of hydrogen-bond acceptors (Lipinski definition) is 4. The minimum absolute atomic E-state index is 0.0939. The summed E-state index contributed by atoms with van der Waals surface area (Å²) < 4.78 is 0. The van der Waals surface area contributed by atoms with Gasteiger partial charge in [-0.25, -0.2) is 0 Å². The van der Waals surface area contributed by atoms with Crippen molar-refractivity contribution in [3.63, 3.8) is 0 Å². The van der Waals surface area contributed by atoms with Gasteiger partial charge in [0.15, 0.2) is 0 Å². The third-order valence-electron chi connectivity index (χ3n) is 5.07. The maximum Gasteiger partial charge on any atom is 0.303 e. The predicted octanol–water partition coefficient (Wildman–Crippen LogP) is 0.461. The molecule has 0 aliphatic carbocycles. The highest BCUT2D eigenvalue weighted by atomic mass is 16.4. The van der Waals surface area contributed by atoms with Crippen LogP contribution in [0.25, 0.3) is 0 Å². The highest BCUT2D eigenvalue weighted by molar-refractivity contribution is 6.05. The topological polar surface area (TPSA) is 77.9 Å². The fourth-order valence-electron chi connectivity index (χ4n) is 4.22. The average Bonchev–Trinajstić information content (AvgIpc) is 2.77. The second-order valence-corrected chi connectivity index (χ2v) is 6.28. The van der Waals surface area contributed by atoms with Crippen molar-refractivity contribution >= 4 is 17.8 Å². The molecule has 2 bridgehead atoms. The van der Waals surface area contributed by atoms with Crippen molar-refractivity contribution in [1.82, 2.24) is 9.80 Å². The Morgan fingerprint density at radius 1 is 1.25 bits per heavy atom. The number of nitrogens with zero attached hydrogens (tertiary/aromatic N) is 2. The highest BCUT2D eigenvalue weighted by Crippen LogP contribution is 2.42. The quantitative estimate of drug-likeness (QED) is 0.760. The van der Waals surface area contributed by atoms with Crippen LogP contribution in [0.4, 0.5) is 0 Å². The van der Waals surface area contributed by atoms with Crippen LogP contribution in [0, 0.1) is 5.92 Å². The molecular weight excluding hydrogens is 260 g/mol. The van der Waals surface area contributed by atoms with Crippen molar-refractivity contribution in [2.45, 2.75) is 56.7 Å². The molecular formula is C14H20N2O4. The number of likely N-dealkylation sites (tertiary alicyclic amines) is 1. The van der Waals surface area contributed by atoms with Crippen LogP contribution in [0.5, 0.6) is 0 Å². The Balaban J connectivity index is 1.73. The fraction of sp³-hybridized carbons (Fsp3) is 0.786. The van der Waals surface area contributed by atoms with E-state index in [0.29, 0.717) is 0 Å². The van der Waals surface area contributed by atoms with E-state index in [1.807, 2.05) is 0 Å². The van der Waals surface area contributed by atoms with Crippen molar-refractivity contribution in [3.8, 4) is 0 Å². The van der Waals surface area contributed by atoms with Crippen molar-refractivity contribution in [2.75, 3.05) is 7.05 Å². The van der Waals surface area contributed by atoms with Crippen LogP contribution in [0.15, 0.2) is 0 Å². The molecule has 3 saturated heterocycles. The first kappa shape index (κ1) is 13.5. The van der Waals surface area contributed by atoms with Gasteiger partial charge in [0.2, 0.25) is 11.8 Å². The molecule has 1 N–H and O–H groups in total. The van der Waals surface area contributed by atoms with E-state index < -0.39 is 5.97 Å². The summed E-state index contributed by atoms with van der Waals surface area (Å²) in [4.78, 5) is 38.1. The Morgan fingerprint density at radius 3 is 2.30 bits per heavy atom. The summed E-state index contributed by atoms with van der Waals surface area (Å²) in [5.41, 5.74) is 0. The molecule has 0 aromatic rings. The molecule has 3 aliphatic rings. The summed E-state index contributed by atoms with van der Waals surface area (Å²) in [5, 5.41) is 8.93. The van der Waals surface area contributed by atoms with Crippen molar-refractivity contribution in [1.29, 1.82) is 0 Å². The Bertz CT molecular complexity index is 450. The van der Waals surface area contributed by atoms with Crippen molar-refractivity contribution in [3.05, 3.63) is 0 Å². The summed E-state index contributed by atoms with van der Waals surface area (Å²) in [7, 11) is 1.55. The van der Waals surface area contributed by atoms with Gasteiger partial charge in [-0.15, -0.1) is 0 Å². The predicted molar refractivity (Wildman–Crippen MR) is 69.8 cm³/mol. The molecule has 3 atom stereocenters. The molecule has 6 heteroatoms. The van der Waals surface area contributed by atoms with Crippen molar-refractivity contribution in [2.24, 2.45) is 5.92 Å². The van der Waals surface area contributed by atoms with Gasteiger partial charge in [0.1, 0.15) is 0 Å². The minimum Gasteiger partial charge on any atom is -0.481 e. The van der Waals surface area contributed by atoms with Gasteiger partial charge in [-0.1, -0.05) is 0 Å². The molecule has 0 aromatic heterocycles. The van der Waals surface area contributed by atoms with Crippen LogP contribution in [0.2, 0.25) is 0 Å². The van der Waals surface area contributed by atoms with Crippen LogP contribution in [-0.2, 0) is 14.4 Å². The van der Waals surface area contributed by atoms with Gasteiger partial charge in [-0.05, 0) is 31.6 Å². The number of imide groups is 1. The van der Waals surface area contributed by atoms with Gasteiger partial charge in [-0.3, -0.25) is 24.2 Å². The lowest BCUT2D eigenvalue weighted by Gasteiger charge is -2.41. The molecule has 20 heavy (non-hydrogen) atoms. The van der Waals surface area contributed by atoms with Crippen LogP contribution >= 0.6 is 0 Å². The Kier molecular flexibility index (Phi) is 3.28. The minimum atomic E-state index is -0.741. The van der Waals surface area contributed by atoms with Crippen LogP contribution in [0.3, 0.4) is 0 Å². The van der Waals surface area contributed by atoms with Gasteiger partial charge in [0.05, 0.1) is 12.5 Å². The van der Waals surface area contributed by atoms with E-state index in [0.717, 1.165) is 25.7 Å². The Morgan fingerprint density at radius 2 is 1.85 bits per heavy atom. The summed E-state index contributed by atoms with van der Waals surface area (Å²) in [5.74, 6) is -0.725. The average molecular weight is 280 g/mol. The zero-order valence-corrected chi connectivity index (χ0v) is 11.6. The summed E-state index contributed by atoms with van der Waals surface area (Å²) >= 11 is 0. The smallest absolute Gasteiger partial charge is 0.303 e. The molecule has 3 rings (SSSR count). The number of carbonyl (C=O) groups is 3. The molecule has 3 fully saturated rings. The van der Waals surface area contributed by atoms with Gasteiger partial charge in [0.25, 0.3) is 0 Å². The number of piperidine rings is 1. The van der Waals surface area contributed by atoms with E-state index >= 15 is 0 Å². The van der Waals surface area contributed by atoms with E-state index in [-0.39, 0.29) is 48.7 Å². The number of amides is 2. The second-order valence-electron chi connectivity index (χ2n) is 6.28. The monoisotopic (exact) mass is 280 g/mol. The first-order valence-corrected chi connectivity index (χ1v) is 7.27. The third kappa shape index (κ3) is 2.12. The SMILES string of the molecule is CN1C(=O)CC(N2C3CCC2CC(CC(=O)O)C3)C1=O. The number of aliphatic carboxylic acids is 1. The Hall–Kier alpha value is -1.43. The van der Waals surface area contributed by atoms with Crippen LogP contribution in [0.1, 0.15) is 38.5 Å². The fourth-order valence-corrected chi connectivity index (χ4v) is 4.22. The maximum absolute atomic E-state index is 12.2. The molecule has 3 unspecified atom stereocenters. The highest BCUT2D eigenvalue weighted by Gasteiger charge is 2.50. The third-order valence-corrected chi connectivity index (χ3v) is 5.07. The molecule has 0 saturated carbocycles. The van der Waals surface area contributed by atoms with E-state index in [1.165, 1.54) is 4.90 Å². The summed E-state index contributed by atoms with van der Waals surface area (Å²) in [6.07, 6.45) is 4.21. The number of rotatable bonds is 3. The second kappa shape index (κ2) is 4.84.